The van der Waals surface area contributed by atoms with E-state index in [0.717, 1.165) is 31.8 Å². The molecular formula is C17H21N3O2. The first-order valence-corrected chi connectivity index (χ1v) is 7.64. The molecule has 1 aromatic carbocycles. The van der Waals surface area contributed by atoms with Gasteiger partial charge in [0.05, 0.1) is 12.3 Å². The molecule has 2 heterocycles. The first kappa shape index (κ1) is 14.9. The highest BCUT2D eigenvalue weighted by molar-refractivity contribution is 5.29. The predicted molar refractivity (Wildman–Crippen MR) is 83.6 cm³/mol. The number of aromatic nitrogens is 2. The van der Waals surface area contributed by atoms with Crippen molar-refractivity contribution in [2.24, 2.45) is 5.92 Å². The number of nitrogens with zero attached hydrogens (tertiary/aromatic N) is 3. The van der Waals surface area contributed by atoms with E-state index in [-0.39, 0.29) is 6.10 Å². The van der Waals surface area contributed by atoms with Crippen LogP contribution in [0.2, 0.25) is 0 Å². The van der Waals surface area contributed by atoms with E-state index in [0.29, 0.717) is 11.8 Å². The van der Waals surface area contributed by atoms with E-state index in [1.807, 2.05) is 19.1 Å². The van der Waals surface area contributed by atoms with E-state index in [4.69, 9.17) is 4.74 Å². The first-order chi connectivity index (χ1) is 10.7. The van der Waals surface area contributed by atoms with Crippen LogP contribution in [-0.4, -0.2) is 39.2 Å². The Morgan fingerprint density at radius 2 is 2.14 bits per heavy atom. The maximum absolute atomic E-state index is 9.66. The third kappa shape index (κ3) is 3.81. The standard InChI is InChI=1S/C17H21N3O2/c1-13(21)15-6-9-20(12-15)11-14-2-4-16(5-3-14)22-17-10-18-7-8-19-17/h2-5,7-8,10,13,15,21H,6,9,11-12H2,1H3. The van der Waals surface area contributed by atoms with Crippen LogP contribution in [0.5, 0.6) is 11.6 Å². The molecule has 2 atom stereocenters. The minimum absolute atomic E-state index is 0.215. The summed E-state index contributed by atoms with van der Waals surface area (Å²) in [7, 11) is 0. The van der Waals surface area contributed by atoms with E-state index in [9.17, 15) is 5.11 Å². The summed E-state index contributed by atoms with van der Waals surface area (Å²) in [5.41, 5.74) is 1.25. The molecule has 5 heteroatoms. The number of rotatable bonds is 5. The summed E-state index contributed by atoms with van der Waals surface area (Å²) in [5, 5.41) is 9.66. The number of aliphatic hydroxyl groups excluding tert-OH is 1. The second kappa shape index (κ2) is 6.85. The van der Waals surface area contributed by atoms with E-state index in [2.05, 4.69) is 27.0 Å². The van der Waals surface area contributed by atoms with Gasteiger partial charge >= 0.3 is 0 Å². The Kier molecular flexibility index (Phi) is 4.65. The molecular weight excluding hydrogens is 278 g/mol. The van der Waals surface area contributed by atoms with Crippen LogP contribution >= 0.6 is 0 Å². The van der Waals surface area contributed by atoms with Gasteiger partial charge in [-0.25, -0.2) is 4.98 Å². The third-order valence-electron chi connectivity index (χ3n) is 4.08. The van der Waals surface area contributed by atoms with Crippen LogP contribution in [0, 0.1) is 5.92 Å². The lowest BCUT2D eigenvalue weighted by atomic mass is 10.0. The van der Waals surface area contributed by atoms with Gasteiger partial charge in [-0.3, -0.25) is 9.88 Å². The average molecular weight is 299 g/mol. The molecule has 1 N–H and O–H groups in total. The van der Waals surface area contributed by atoms with Gasteiger partial charge in [0.15, 0.2) is 0 Å². The summed E-state index contributed by atoms with van der Waals surface area (Å²) in [4.78, 5) is 10.4. The maximum Gasteiger partial charge on any atom is 0.237 e. The van der Waals surface area contributed by atoms with Gasteiger partial charge in [-0.15, -0.1) is 0 Å². The molecule has 0 amide bonds. The lowest BCUT2D eigenvalue weighted by Gasteiger charge is -2.17. The van der Waals surface area contributed by atoms with E-state index < -0.39 is 0 Å². The summed E-state index contributed by atoms with van der Waals surface area (Å²) in [6.45, 7) is 4.81. The molecule has 0 radical (unpaired) electrons. The Labute approximate surface area is 130 Å². The molecule has 22 heavy (non-hydrogen) atoms. The molecule has 3 rings (SSSR count). The molecule has 5 nitrogen and oxygen atoms in total. The molecule has 0 spiro atoms. The van der Waals surface area contributed by atoms with Gasteiger partial charge in [-0.2, -0.15) is 0 Å². The van der Waals surface area contributed by atoms with Gasteiger partial charge in [0.25, 0.3) is 0 Å². The first-order valence-electron chi connectivity index (χ1n) is 7.64. The van der Waals surface area contributed by atoms with E-state index >= 15 is 0 Å². The molecule has 2 aromatic rings. The minimum Gasteiger partial charge on any atom is -0.438 e. The van der Waals surface area contributed by atoms with Crippen LogP contribution in [0.15, 0.2) is 42.9 Å². The molecule has 1 saturated heterocycles. The second-order valence-electron chi connectivity index (χ2n) is 5.81. The molecule has 0 aliphatic carbocycles. The summed E-state index contributed by atoms with van der Waals surface area (Å²) in [5.74, 6) is 1.65. The van der Waals surface area contributed by atoms with Gasteiger partial charge in [-0.05, 0) is 43.5 Å². The van der Waals surface area contributed by atoms with Crippen LogP contribution in [0.25, 0.3) is 0 Å². The zero-order chi connectivity index (χ0) is 15.4. The van der Waals surface area contributed by atoms with E-state index in [1.54, 1.807) is 18.6 Å². The topological polar surface area (TPSA) is 58.5 Å². The van der Waals surface area contributed by atoms with Crippen LogP contribution in [-0.2, 0) is 6.54 Å². The van der Waals surface area contributed by atoms with Crippen LogP contribution in [0.1, 0.15) is 18.9 Å². The van der Waals surface area contributed by atoms with Crippen molar-refractivity contribution >= 4 is 0 Å². The highest BCUT2D eigenvalue weighted by Crippen LogP contribution is 2.23. The average Bonchev–Trinajstić information content (AvgIpc) is 2.99. The summed E-state index contributed by atoms with van der Waals surface area (Å²) in [6, 6.07) is 8.04. The molecule has 116 valence electrons. The predicted octanol–water partition coefficient (Wildman–Crippen LogP) is 2.47. The Hall–Kier alpha value is -1.98. The van der Waals surface area contributed by atoms with Crippen molar-refractivity contribution in [1.29, 1.82) is 0 Å². The zero-order valence-electron chi connectivity index (χ0n) is 12.7. The molecule has 0 saturated carbocycles. The third-order valence-corrected chi connectivity index (χ3v) is 4.08. The minimum atomic E-state index is -0.215. The van der Waals surface area contributed by atoms with Crippen molar-refractivity contribution < 1.29 is 9.84 Å². The Bertz CT molecular complexity index is 587. The molecule has 1 aliphatic heterocycles. The fourth-order valence-corrected chi connectivity index (χ4v) is 2.78. The SMILES string of the molecule is CC(O)C1CCN(Cc2ccc(Oc3cnccn3)cc2)C1. The molecule has 0 bridgehead atoms. The van der Waals surface area contributed by atoms with Crippen LogP contribution in [0.3, 0.4) is 0 Å². The Morgan fingerprint density at radius 3 is 2.77 bits per heavy atom. The Balaban J connectivity index is 1.56. The van der Waals surface area contributed by atoms with Crippen molar-refractivity contribution in [2.45, 2.75) is 26.0 Å². The fourth-order valence-electron chi connectivity index (χ4n) is 2.78. The molecule has 1 aliphatic rings. The number of hydrogen-bond donors (Lipinski definition) is 1. The lowest BCUT2D eigenvalue weighted by molar-refractivity contribution is 0.127. The normalized spacial score (nSPS) is 20.0. The van der Waals surface area contributed by atoms with Crippen LogP contribution < -0.4 is 4.74 Å². The fraction of sp³-hybridized carbons (Fsp3) is 0.412. The quantitative estimate of drug-likeness (QED) is 0.919. The largest absolute Gasteiger partial charge is 0.438 e. The highest BCUT2D eigenvalue weighted by atomic mass is 16.5. The summed E-state index contributed by atoms with van der Waals surface area (Å²) < 4.78 is 5.63. The Morgan fingerprint density at radius 1 is 1.32 bits per heavy atom. The van der Waals surface area contributed by atoms with Crippen molar-refractivity contribution in [3.63, 3.8) is 0 Å². The van der Waals surface area contributed by atoms with Crippen molar-refractivity contribution in [2.75, 3.05) is 13.1 Å². The second-order valence-corrected chi connectivity index (χ2v) is 5.81. The smallest absolute Gasteiger partial charge is 0.237 e. The highest BCUT2D eigenvalue weighted by Gasteiger charge is 2.25. The number of hydrogen-bond acceptors (Lipinski definition) is 5. The van der Waals surface area contributed by atoms with Crippen LogP contribution in [0.4, 0.5) is 0 Å². The number of ether oxygens (including phenoxy) is 1. The monoisotopic (exact) mass is 299 g/mol. The van der Waals surface area contributed by atoms with E-state index in [1.165, 1.54) is 5.56 Å². The van der Waals surface area contributed by atoms with Gasteiger partial charge in [0.2, 0.25) is 5.88 Å². The van der Waals surface area contributed by atoms with Crippen molar-refractivity contribution in [3.8, 4) is 11.6 Å². The molecule has 1 fully saturated rings. The number of benzene rings is 1. The number of likely N-dealkylation sites (tertiary alicyclic amines) is 1. The number of aliphatic hydroxyl groups is 1. The molecule has 2 unspecified atom stereocenters. The van der Waals surface area contributed by atoms with Gasteiger partial charge in [-0.1, -0.05) is 12.1 Å². The molecule has 1 aromatic heterocycles. The lowest BCUT2D eigenvalue weighted by Crippen LogP contribution is -2.23. The maximum atomic E-state index is 9.66. The van der Waals surface area contributed by atoms with Crippen molar-refractivity contribution in [3.05, 3.63) is 48.4 Å². The van der Waals surface area contributed by atoms with Gasteiger partial charge in [0.1, 0.15) is 5.75 Å². The summed E-state index contributed by atoms with van der Waals surface area (Å²) in [6.07, 6.45) is 5.68. The summed E-state index contributed by atoms with van der Waals surface area (Å²) >= 11 is 0. The van der Waals surface area contributed by atoms with Gasteiger partial charge in [0, 0.05) is 25.5 Å². The van der Waals surface area contributed by atoms with Crippen molar-refractivity contribution in [1.82, 2.24) is 14.9 Å². The van der Waals surface area contributed by atoms with Gasteiger partial charge < -0.3 is 9.84 Å². The zero-order valence-corrected chi connectivity index (χ0v) is 12.7.